The molecule has 1 heterocycles. The number of anilines is 1. The van der Waals surface area contributed by atoms with Gasteiger partial charge in [-0.15, -0.1) is 10.2 Å². The second-order valence-electron chi connectivity index (χ2n) is 8.33. The SMILES string of the molecule is O=C(CSc1nnc(CNC(=O)c2ccccc2C(F)(F)F)n1-c1cccc(C(F)(F)F)c1)Nc1ccccc1F. The van der Waals surface area contributed by atoms with Crippen molar-refractivity contribution in [1.29, 1.82) is 0 Å². The van der Waals surface area contributed by atoms with E-state index in [1.54, 1.807) is 0 Å². The van der Waals surface area contributed by atoms with Gasteiger partial charge in [0.05, 0.1) is 40.4 Å². The summed E-state index contributed by atoms with van der Waals surface area (Å²) in [7, 11) is 0. The largest absolute Gasteiger partial charge is 0.417 e. The Morgan fingerprint density at radius 2 is 1.56 bits per heavy atom. The van der Waals surface area contributed by atoms with Gasteiger partial charge < -0.3 is 10.6 Å². The maximum absolute atomic E-state index is 13.9. The number of carbonyl (C=O) groups is 2. The number of amides is 2. The lowest BCUT2D eigenvalue weighted by molar-refractivity contribution is -0.138. The van der Waals surface area contributed by atoms with Gasteiger partial charge in [0.25, 0.3) is 5.91 Å². The van der Waals surface area contributed by atoms with Crippen LogP contribution in [0.4, 0.5) is 36.4 Å². The molecule has 3 aromatic carbocycles. The quantitative estimate of drug-likeness (QED) is 0.189. The van der Waals surface area contributed by atoms with E-state index in [1.165, 1.54) is 30.3 Å². The van der Waals surface area contributed by atoms with Gasteiger partial charge in [-0.3, -0.25) is 14.2 Å². The molecule has 4 aromatic rings. The molecule has 0 radical (unpaired) electrons. The number of rotatable bonds is 8. The molecule has 0 aliphatic rings. The van der Waals surface area contributed by atoms with Gasteiger partial charge >= 0.3 is 12.4 Å². The number of hydrogen-bond donors (Lipinski definition) is 2. The number of hydrogen-bond acceptors (Lipinski definition) is 5. The zero-order valence-corrected chi connectivity index (χ0v) is 21.4. The second kappa shape index (κ2) is 12.0. The number of nitrogens with zero attached hydrogens (tertiary/aromatic N) is 3. The second-order valence-corrected chi connectivity index (χ2v) is 9.27. The van der Waals surface area contributed by atoms with Crippen LogP contribution >= 0.6 is 11.8 Å². The molecule has 2 amide bonds. The summed E-state index contributed by atoms with van der Waals surface area (Å²) in [6.07, 6.45) is -9.51. The Morgan fingerprint density at radius 1 is 0.854 bits per heavy atom. The van der Waals surface area contributed by atoms with Crippen molar-refractivity contribution in [1.82, 2.24) is 20.1 Å². The van der Waals surface area contributed by atoms with Crippen molar-refractivity contribution < 1.29 is 40.3 Å². The molecule has 0 aliphatic heterocycles. The summed E-state index contributed by atoms with van der Waals surface area (Å²) >= 11 is 0.758. The smallest absolute Gasteiger partial charge is 0.345 e. The van der Waals surface area contributed by atoms with E-state index in [0.29, 0.717) is 0 Å². The lowest BCUT2D eigenvalue weighted by Crippen LogP contribution is -2.27. The van der Waals surface area contributed by atoms with E-state index in [9.17, 15) is 40.3 Å². The summed E-state index contributed by atoms with van der Waals surface area (Å²) in [4.78, 5) is 25.0. The minimum atomic E-state index is -4.81. The van der Waals surface area contributed by atoms with Crippen LogP contribution in [0.5, 0.6) is 0 Å². The standard InChI is InChI=1S/C26H18F7N5O2S/c27-19-10-3-4-11-20(19)35-22(39)14-41-24-37-36-21(38(24)16-7-5-6-15(12-16)25(28,29)30)13-34-23(40)17-8-1-2-9-18(17)26(31,32)33/h1-12H,13-14H2,(H,34,40)(H,35,39). The van der Waals surface area contributed by atoms with Crippen LogP contribution in [0.15, 0.2) is 78.0 Å². The Balaban J connectivity index is 1.60. The molecule has 15 heteroatoms. The lowest BCUT2D eigenvalue weighted by Gasteiger charge is -2.15. The maximum Gasteiger partial charge on any atom is 0.417 e. The minimum absolute atomic E-state index is 0.0621. The summed E-state index contributed by atoms with van der Waals surface area (Å²) in [5.74, 6) is -2.91. The van der Waals surface area contributed by atoms with E-state index in [2.05, 4.69) is 20.8 Å². The number of halogens is 7. The fraction of sp³-hybridized carbons (Fsp3) is 0.154. The number of alkyl halides is 6. The third-order valence-electron chi connectivity index (χ3n) is 5.50. The molecular weight excluding hydrogens is 579 g/mol. The lowest BCUT2D eigenvalue weighted by atomic mass is 10.1. The number of carbonyl (C=O) groups excluding carboxylic acids is 2. The van der Waals surface area contributed by atoms with E-state index in [-0.39, 0.29) is 28.1 Å². The van der Waals surface area contributed by atoms with Gasteiger partial charge in [-0.05, 0) is 42.5 Å². The fourth-order valence-electron chi connectivity index (χ4n) is 3.65. The molecule has 0 spiro atoms. The summed E-state index contributed by atoms with van der Waals surface area (Å²) in [5.41, 5.74) is -3.01. The molecule has 0 saturated carbocycles. The molecule has 0 saturated heterocycles. The fourth-order valence-corrected chi connectivity index (χ4v) is 4.42. The molecule has 0 fully saturated rings. The highest BCUT2D eigenvalue weighted by atomic mass is 32.2. The van der Waals surface area contributed by atoms with E-state index >= 15 is 0 Å². The third-order valence-corrected chi connectivity index (χ3v) is 6.43. The van der Waals surface area contributed by atoms with Gasteiger partial charge in [0.2, 0.25) is 5.91 Å². The molecular formula is C26H18F7N5O2S. The van der Waals surface area contributed by atoms with Gasteiger partial charge in [-0.1, -0.05) is 42.1 Å². The van der Waals surface area contributed by atoms with Crippen LogP contribution in [0.3, 0.4) is 0 Å². The van der Waals surface area contributed by atoms with Gasteiger partial charge in [0, 0.05) is 0 Å². The Hall–Kier alpha value is -4.40. The first-order chi connectivity index (χ1) is 19.3. The predicted octanol–water partition coefficient (Wildman–Crippen LogP) is 6.10. The topological polar surface area (TPSA) is 88.9 Å². The molecule has 1 aromatic heterocycles. The van der Waals surface area contributed by atoms with Crippen LogP contribution in [0.1, 0.15) is 27.3 Å². The predicted molar refractivity (Wildman–Crippen MR) is 135 cm³/mol. The molecule has 0 aliphatic carbocycles. The van der Waals surface area contributed by atoms with Crippen molar-refractivity contribution >= 4 is 29.3 Å². The third kappa shape index (κ3) is 7.22. The van der Waals surface area contributed by atoms with Gasteiger partial charge in [-0.2, -0.15) is 26.3 Å². The minimum Gasteiger partial charge on any atom is -0.345 e. The highest BCUT2D eigenvalue weighted by Gasteiger charge is 2.35. The van der Waals surface area contributed by atoms with Crippen LogP contribution in [-0.2, 0) is 23.7 Å². The zero-order chi connectivity index (χ0) is 29.8. The maximum atomic E-state index is 13.9. The van der Waals surface area contributed by atoms with Crippen molar-refractivity contribution in [3.8, 4) is 5.69 Å². The number of aromatic nitrogens is 3. The Labute approximate surface area is 231 Å². The van der Waals surface area contributed by atoms with Crippen LogP contribution in [0, 0.1) is 5.82 Å². The molecule has 2 N–H and O–H groups in total. The van der Waals surface area contributed by atoms with Crippen molar-refractivity contribution in [2.24, 2.45) is 0 Å². The molecule has 214 valence electrons. The molecule has 7 nitrogen and oxygen atoms in total. The Kier molecular flexibility index (Phi) is 8.66. The first-order valence-electron chi connectivity index (χ1n) is 11.6. The highest BCUT2D eigenvalue weighted by Crippen LogP contribution is 2.33. The van der Waals surface area contributed by atoms with Crippen molar-refractivity contribution in [3.05, 3.63) is 101 Å². The van der Waals surface area contributed by atoms with Crippen molar-refractivity contribution in [2.75, 3.05) is 11.1 Å². The van der Waals surface area contributed by atoms with Crippen LogP contribution in [-0.4, -0.2) is 32.3 Å². The molecule has 0 atom stereocenters. The van der Waals surface area contributed by atoms with E-state index in [0.717, 1.165) is 58.8 Å². The van der Waals surface area contributed by atoms with E-state index < -0.39 is 53.2 Å². The average molecular weight is 598 g/mol. The van der Waals surface area contributed by atoms with Gasteiger partial charge in [-0.25, -0.2) is 4.39 Å². The number of para-hydroxylation sites is 1. The van der Waals surface area contributed by atoms with Crippen LogP contribution in [0.25, 0.3) is 5.69 Å². The van der Waals surface area contributed by atoms with E-state index in [1.807, 2.05) is 0 Å². The van der Waals surface area contributed by atoms with E-state index in [4.69, 9.17) is 0 Å². The summed E-state index contributed by atoms with van der Waals surface area (Å²) < 4.78 is 95.2. The zero-order valence-electron chi connectivity index (χ0n) is 20.6. The summed E-state index contributed by atoms with van der Waals surface area (Å²) in [6.45, 7) is -0.518. The summed E-state index contributed by atoms with van der Waals surface area (Å²) in [5, 5.41) is 12.4. The van der Waals surface area contributed by atoms with Gasteiger partial charge in [0.15, 0.2) is 11.0 Å². The van der Waals surface area contributed by atoms with Crippen molar-refractivity contribution in [3.63, 3.8) is 0 Å². The monoisotopic (exact) mass is 597 g/mol. The molecule has 4 rings (SSSR count). The number of thioether (sulfide) groups is 1. The molecule has 0 unspecified atom stereocenters. The molecule has 41 heavy (non-hydrogen) atoms. The van der Waals surface area contributed by atoms with Crippen LogP contribution in [0.2, 0.25) is 0 Å². The normalized spacial score (nSPS) is 11.8. The van der Waals surface area contributed by atoms with Gasteiger partial charge in [0.1, 0.15) is 5.82 Å². The first kappa shape index (κ1) is 29.6. The Morgan fingerprint density at radius 3 is 2.27 bits per heavy atom. The molecule has 0 bridgehead atoms. The highest BCUT2D eigenvalue weighted by molar-refractivity contribution is 7.99. The number of nitrogens with one attached hydrogen (secondary N) is 2. The van der Waals surface area contributed by atoms with Crippen LogP contribution < -0.4 is 10.6 Å². The number of benzene rings is 3. The summed E-state index contributed by atoms with van der Waals surface area (Å²) in [6, 6.07) is 13.5. The first-order valence-corrected chi connectivity index (χ1v) is 12.6. The van der Waals surface area contributed by atoms with Crippen molar-refractivity contribution in [2.45, 2.75) is 24.1 Å². The average Bonchev–Trinajstić information content (AvgIpc) is 3.34. The Bertz CT molecular complexity index is 1570.